The Morgan fingerprint density at radius 3 is 2.89 bits per heavy atom. The molecule has 0 atom stereocenters. The molecule has 1 amide bonds. The van der Waals surface area contributed by atoms with Crippen LogP contribution in [0.4, 0.5) is 11.6 Å². The van der Waals surface area contributed by atoms with E-state index in [1.165, 1.54) is 23.5 Å². The number of hydrogen-bond donors (Lipinski definition) is 2. The van der Waals surface area contributed by atoms with Gasteiger partial charge in [0, 0.05) is 35.2 Å². The number of nitro groups is 1. The number of hydrogen-bond acceptors (Lipinski definition) is 7. The second-order valence-electron chi connectivity index (χ2n) is 6.49. The van der Waals surface area contributed by atoms with Crippen LogP contribution in [-0.2, 0) is 7.05 Å². The van der Waals surface area contributed by atoms with Gasteiger partial charge in [0.2, 0.25) is 5.95 Å². The van der Waals surface area contributed by atoms with Gasteiger partial charge in [-0.1, -0.05) is 0 Å². The van der Waals surface area contributed by atoms with Gasteiger partial charge in [-0.3, -0.25) is 20.2 Å². The maximum absolute atomic E-state index is 12.6. The number of rotatable bonds is 4. The highest BCUT2D eigenvalue weighted by atomic mass is 32.1. The first-order chi connectivity index (χ1) is 13.0. The van der Waals surface area contributed by atoms with E-state index in [9.17, 15) is 14.9 Å². The standard InChI is InChI=1S/C17H18N6O3S/c1-22-17(19-15(21-22)10-4-6-18-7-5-10)20-16(24)14-9-11-8-12(23(25)26)2-3-13(11)27-14/h2-3,8-10,18H,4-7H2,1H3,(H,19,20,21,24). The SMILES string of the molecule is Cn1nc(C2CCNCC2)nc1NC(=O)c1cc2cc([N+](=O)[O-])ccc2s1. The summed E-state index contributed by atoms with van der Waals surface area (Å²) in [4.78, 5) is 28.0. The number of benzene rings is 1. The van der Waals surface area contributed by atoms with Crippen molar-refractivity contribution in [3.63, 3.8) is 0 Å². The second-order valence-corrected chi connectivity index (χ2v) is 7.57. The number of piperidine rings is 1. The first-order valence-corrected chi connectivity index (χ1v) is 9.44. The highest BCUT2D eigenvalue weighted by molar-refractivity contribution is 7.20. The van der Waals surface area contributed by atoms with Crippen molar-refractivity contribution in [2.24, 2.45) is 7.05 Å². The normalized spacial score (nSPS) is 15.1. The average Bonchev–Trinajstić information content (AvgIpc) is 3.25. The zero-order valence-corrected chi connectivity index (χ0v) is 15.5. The third kappa shape index (κ3) is 3.53. The van der Waals surface area contributed by atoms with Gasteiger partial charge in [-0.2, -0.15) is 10.1 Å². The summed E-state index contributed by atoms with van der Waals surface area (Å²) < 4.78 is 2.40. The van der Waals surface area contributed by atoms with Crippen LogP contribution in [0.25, 0.3) is 10.1 Å². The zero-order valence-electron chi connectivity index (χ0n) is 14.6. The van der Waals surface area contributed by atoms with Crippen molar-refractivity contribution in [3.8, 4) is 0 Å². The van der Waals surface area contributed by atoms with Crippen molar-refractivity contribution in [1.82, 2.24) is 20.1 Å². The molecule has 2 N–H and O–H groups in total. The third-order valence-corrected chi connectivity index (χ3v) is 5.76. The molecule has 9 nitrogen and oxygen atoms in total. The number of aryl methyl sites for hydroxylation is 1. The Hall–Kier alpha value is -2.85. The van der Waals surface area contributed by atoms with Gasteiger partial charge in [-0.15, -0.1) is 11.3 Å². The fraction of sp³-hybridized carbons (Fsp3) is 0.353. The minimum absolute atomic E-state index is 0.00664. The molecule has 3 heterocycles. The van der Waals surface area contributed by atoms with E-state index >= 15 is 0 Å². The van der Waals surface area contributed by atoms with Crippen LogP contribution in [0.3, 0.4) is 0 Å². The predicted molar refractivity (Wildman–Crippen MR) is 102 cm³/mol. The van der Waals surface area contributed by atoms with Crippen molar-refractivity contribution >= 4 is 39.0 Å². The third-order valence-electron chi connectivity index (χ3n) is 4.64. The molecule has 1 aliphatic heterocycles. The molecule has 0 saturated carbocycles. The number of fused-ring (bicyclic) bond motifs is 1. The summed E-state index contributed by atoms with van der Waals surface area (Å²) >= 11 is 1.29. The molecule has 140 valence electrons. The maximum Gasteiger partial charge on any atom is 0.270 e. The van der Waals surface area contributed by atoms with Crippen LogP contribution in [0.15, 0.2) is 24.3 Å². The molecule has 1 aromatic carbocycles. The molecule has 1 aliphatic rings. The van der Waals surface area contributed by atoms with E-state index in [1.807, 2.05) is 0 Å². The molecule has 0 spiro atoms. The highest BCUT2D eigenvalue weighted by Crippen LogP contribution is 2.29. The monoisotopic (exact) mass is 386 g/mol. The molecule has 0 aliphatic carbocycles. The lowest BCUT2D eigenvalue weighted by molar-refractivity contribution is -0.384. The summed E-state index contributed by atoms with van der Waals surface area (Å²) in [6.07, 6.45) is 1.96. The lowest BCUT2D eigenvalue weighted by Crippen LogP contribution is -2.27. The molecular formula is C17H18N6O3S. The Kier molecular flexibility index (Phi) is 4.58. The first-order valence-electron chi connectivity index (χ1n) is 8.62. The zero-order chi connectivity index (χ0) is 19.0. The van der Waals surface area contributed by atoms with Gasteiger partial charge in [-0.05, 0) is 38.1 Å². The summed E-state index contributed by atoms with van der Waals surface area (Å²) in [5, 5.41) is 22.1. The number of nitro benzene ring substituents is 1. The quantitative estimate of drug-likeness (QED) is 0.526. The smallest absolute Gasteiger partial charge is 0.270 e. The van der Waals surface area contributed by atoms with Crippen LogP contribution in [-0.4, -0.2) is 38.7 Å². The Morgan fingerprint density at radius 1 is 1.37 bits per heavy atom. The van der Waals surface area contributed by atoms with Crippen molar-refractivity contribution in [3.05, 3.63) is 45.1 Å². The van der Waals surface area contributed by atoms with Crippen molar-refractivity contribution < 1.29 is 9.72 Å². The minimum atomic E-state index is -0.446. The molecule has 0 radical (unpaired) electrons. The number of amides is 1. The number of nitrogens with zero attached hydrogens (tertiary/aromatic N) is 4. The van der Waals surface area contributed by atoms with E-state index in [1.54, 1.807) is 23.9 Å². The van der Waals surface area contributed by atoms with Crippen LogP contribution in [0.1, 0.15) is 34.3 Å². The van der Waals surface area contributed by atoms with Gasteiger partial charge >= 0.3 is 0 Å². The molecule has 0 unspecified atom stereocenters. The molecule has 2 aromatic heterocycles. The number of anilines is 1. The summed E-state index contributed by atoms with van der Waals surface area (Å²) in [5.41, 5.74) is 0.00664. The van der Waals surface area contributed by atoms with E-state index in [4.69, 9.17) is 0 Å². The van der Waals surface area contributed by atoms with Crippen molar-refractivity contribution in [1.29, 1.82) is 0 Å². The van der Waals surface area contributed by atoms with Crippen molar-refractivity contribution in [2.45, 2.75) is 18.8 Å². The molecule has 27 heavy (non-hydrogen) atoms. The molecule has 1 saturated heterocycles. The first kappa shape index (κ1) is 17.6. The maximum atomic E-state index is 12.6. The average molecular weight is 386 g/mol. The lowest BCUT2D eigenvalue weighted by atomic mass is 9.98. The topological polar surface area (TPSA) is 115 Å². The van der Waals surface area contributed by atoms with Crippen LogP contribution >= 0.6 is 11.3 Å². The summed E-state index contributed by atoms with van der Waals surface area (Å²) in [7, 11) is 1.75. The van der Waals surface area contributed by atoms with Gasteiger partial charge in [0.15, 0.2) is 5.82 Å². The van der Waals surface area contributed by atoms with E-state index in [-0.39, 0.29) is 11.6 Å². The van der Waals surface area contributed by atoms with Crippen LogP contribution in [0.5, 0.6) is 0 Å². The van der Waals surface area contributed by atoms with Gasteiger partial charge in [0.25, 0.3) is 11.6 Å². The van der Waals surface area contributed by atoms with Gasteiger partial charge < -0.3 is 5.32 Å². The Morgan fingerprint density at radius 2 is 2.15 bits per heavy atom. The number of non-ortho nitro benzene ring substituents is 1. The van der Waals surface area contributed by atoms with Gasteiger partial charge in [-0.25, -0.2) is 4.68 Å². The largest absolute Gasteiger partial charge is 0.317 e. The van der Waals surface area contributed by atoms with Crippen LogP contribution in [0.2, 0.25) is 0 Å². The molecular weight excluding hydrogens is 368 g/mol. The van der Waals surface area contributed by atoms with E-state index in [0.29, 0.717) is 22.1 Å². The Bertz CT molecular complexity index is 1020. The van der Waals surface area contributed by atoms with E-state index in [2.05, 4.69) is 20.7 Å². The molecule has 3 aromatic rings. The Labute approximate surface area is 158 Å². The number of thiophene rings is 1. The predicted octanol–water partition coefficient (Wildman–Crippen LogP) is 2.66. The van der Waals surface area contributed by atoms with Crippen molar-refractivity contribution in [2.75, 3.05) is 18.4 Å². The summed E-state index contributed by atoms with van der Waals surface area (Å²) in [5.74, 6) is 1.15. The summed E-state index contributed by atoms with van der Waals surface area (Å²) in [6.45, 7) is 1.89. The van der Waals surface area contributed by atoms with Gasteiger partial charge in [0.05, 0.1) is 9.80 Å². The number of carbonyl (C=O) groups excluding carboxylic acids is 1. The highest BCUT2D eigenvalue weighted by Gasteiger charge is 2.22. The van der Waals surface area contributed by atoms with Gasteiger partial charge in [0.1, 0.15) is 0 Å². The fourth-order valence-corrected chi connectivity index (χ4v) is 4.12. The number of carbonyl (C=O) groups is 1. The second kappa shape index (κ2) is 7.05. The number of nitrogens with one attached hydrogen (secondary N) is 2. The summed E-state index contributed by atoms with van der Waals surface area (Å²) in [6, 6.07) is 6.23. The molecule has 1 fully saturated rings. The van der Waals surface area contributed by atoms with Crippen LogP contribution in [0, 0.1) is 10.1 Å². The number of aromatic nitrogens is 3. The fourth-order valence-electron chi connectivity index (χ4n) is 3.19. The van der Waals surface area contributed by atoms with E-state index in [0.717, 1.165) is 36.5 Å². The minimum Gasteiger partial charge on any atom is -0.317 e. The molecule has 4 rings (SSSR count). The Balaban J connectivity index is 1.54. The lowest BCUT2D eigenvalue weighted by Gasteiger charge is -2.19. The van der Waals surface area contributed by atoms with Crippen LogP contribution < -0.4 is 10.6 Å². The molecule has 0 bridgehead atoms. The van der Waals surface area contributed by atoms with E-state index < -0.39 is 4.92 Å². The molecule has 10 heteroatoms.